The molecule has 2 atom stereocenters. The molecule has 24 heavy (non-hydrogen) atoms. The molecule has 0 heterocycles. The Balaban J connectivity index is 4.67. The van der Waals surface area contributed by atoms with Crippen LogP contribution in [-0.2, 0) is 9.59 Å². The van der Waals surface area contributed by atoms with Gasteiger partial charge in [0.25, 0.3) is 0 Å². The van der Waals surface area contributed by atoms with Crippen LogP contribution in [0.25, 0.3) is 0 Å². The van der Waals surface area contributed by atoms with Gasteiger partial charge in [-0.3, -0.25) is 15.0 Å². The van der Waals surface area contributed by atoms with Crippen LogP contribution < -0.4 is 22.3 Å². The Morgan fingerprint density at radius 1 is 1.00 bits per heavy atom. The number of nitrogens with two attached hydrogens (primary N) is 2. The monoisotopic (exact) mass is 342 g/mol. The molecule has 0 aromatic rings. The van der Waals surface area contributed by atoms with Gasteiger partial charge in [-0.05, 0) is 42.1 Å². The van der Waals surface area contributed by atoms with Crippen molar-refractivity contribution in [2.75, 3.05) is 13.1 Å². The summed E-state index contributed by atoms with van der Waals surface area (Å²) in [5.74, 6) is 5.35. The van der Waals surface area contributed by atoms with E-state index in [1.165, 1.54) is 0 Å². The van der Waals surface area contributed by atoms with E-state index in [4.69, 9.17) is 11.6 Å². The van der Waals surface area contributed by atoms with E-state index in [9.17, 15) is 9.59 Å². The van der Waals surface area contributed by atoms with Gasteiger partial charge in [0.2, 0.25) is 11.8 Å². The topological polar surface area (TPSA) is 110 Å². The summed E-state index contributed by atoms with van der Waals surface area (Å²) in [5.41, 5.74) is 8.35. The summed E-state index contributed by atoms with van der Waals surface area (Å²) in [5, 5.41) is 2.97. The lowest BCUT2D eigenvalue weighted by Gasteiger charge is -2.35. The summed E-state index contributed by atoms with van der Waals surface area (Å²) >= 11 is 0. The Labute approximate surface area is 147 Å². The minimum Gasteiger partial charge on any atom is -0.356 e. The minimum atomic E-state index is -0.327. The zero-order valence-corrected chi connectivity index (χ0v) is 16.4. The molecule has 0 aromatic heterocycles. The van der Waals surface area contributed by atoms with Crippen molar-refractivity contribution in [1.29, 1.82) is 0 Å². The van der Waals surface area contributed by atoms with Gasteiger partial charge in [0.05, 0.1) is 0 Å². The summed E-state index contributed by atoms with van der Waals surface area (Å²) < 4.78 is 0. The van der Waals surface area contributed by atoms with Crippen LogP contribution in [0.5, 0.6) is 0 Å². The van der Waals surface area contributed by atoms with Crippen LogP contribution in [0.15, 0.2) is 0 Å². The van der Waals surface area contributed by atoms with E-state index < -0.39 is 0 Å². The maximum atomic E-state index is 11.9. The SMILES string of the molecule is CC(C)(C)CC(CNC(=O)CCC(=O)NN)CC(CN)C(C)(C)C. The predicted molar refractivity (Wildman–Crippen MR) is 98.8 cm³/mol. The molecule has 0 spiro atoms. The smallest absolute Gasteiger partial charge is 0.234 e. The highest BCUT2D eigenvalue weighted by atomic mass is 16.2. The van der Waals surface area contributed by atoms with E-state index in [1.807, 2.05) is 5.43 Å². The second kappa shape index (κ2) is 9.99. The molecule has 0 aromatic carbocycles. The van der Waals surface area contributed by atoms with Crippen LogP contribution in [0.4, 0.5) is 0 Å². The van der Waals surface area contributed by atoms with Gasteiger partial charge >= 0.3 is 0 Å². The summed E-state index contributed by atoms with van der Waals surface area (Å²) in [6, 6.07) is 0. The average Bonchev–Trinajstić information content (AvgIpc) is 2.44. The van der Waals surface area contributed by atoms with Crippen molar-refractivity contribution in [1.82, 2.24) is 10.7 Å². The van der Waals surface area contributed by atoms with E-state index in [-0.39, 0.29) is 35.5 Å². The highest BCUT2D eigenvalue weighted by molar-refractivity contribution is 5.83. The molecule has 0 aliphatic heterocycles. The second-order valence-electron chi connectivity index (χ2n) is 9.04. The normalized spacial score (nSPS) is 14.8. The lowest BCUT2D eigenvalue weighted by molar-refractivity contribution is -0.126. The Kier molecular flexibility index (Phi) is 9.51. The highest BCUT2D eigenvalue weighted by Crippen LogP contribution is 2.34. The number of hydrogen-bond acceptors (Lipinski definition) is 4. The van der Waals surface area contributed by atoms with Gasteiger partial charge in [-0.2, -0.15) is 0 Å². The van der Waals surface area contributed by atoms with Crippen molar-refractivity contribution in [2.24, 2.45) is 34.2 Å². The van der Waals surface area contributed by atoms with Crippen LogP contribution >= 0.6 is 0 Å². The molecule has 0 saturated heterocycles. The first-order chi connectivity index (χ1) is 10.9. The Morgan fingerprint density at radius 2 is 1.54 bits per heavy atom. The Bertz CT molecular complexity index is 397. The van der Waals surface area contributed by atoms with Crippen molar-refractivity contribution < 1.29 is 9.59 Å². The minimum absolute atomic E-state index is 0.111. The molecule has 0 saturated carbocycles. The van der Waals surface area contributed by atoms with Gasteiger partial charge in [-0.1, -0.05) is 41.5 Å². The molecule has 0 aliphatic rings. The van der Waals surface area contributed by atoms with Crippen LogP contribution in [-0.4, -0.2) is 24.9 Å². The number of hydrogen-bond donors (Lipinski definition) is 4. The first kappa shape index (κ1) is 22.9. The van der Waals surface area contributed by atoms with Crippen molar-refractivity contribution >= 4 is 11.8 Å². The summed E-state index contributed by atoms with van der Waals surface area (Å²) in [4.78, 5) is 23.0. The first-order valence-electron chi connectivity index (χ1n) is 8.85. The number of hydrazine groups is 1. The maximum Gasteiger partial charge on any atom is 0.234 e. The van der Waals surface area contributed by atoms with Crippen LogP contribution in [0.1, 0.15) is 67.2 Å². The average molecular weight is 343 g/mol. The van der Waals surface area contributed by atoms with Gasteiger partial charge in [0.1, 0.15) is 0 Å². The molecule has 0 aliphatic carbocycles. The third-order valence-electron chi connectivity index (χ3n) is 4.36. The van der Waals surface area contributed by atoms with Crippen molar-refractivity contribution in [3.63, 3.8) is 0 Å². The molecule has 0 bridgehead atoms. The summed E-state index contributed by atoms with van der Waals surface area (Å²) in [6.45, 7) is 14.5. The quantitative estimate of drug-likeness (QED) is 0.291. The van der Waals surface area contributed by atoms with Crippen molar-refractivity contribution in [2.45, 2.75) is 67.2 Å². The van der Waals surface area contributed by atoms with Crippen molar-refractivity contribution in [3.8, 4) is 0 Å². The van der Waals surface area contributed by atoms with Gasteiger partial charge in [0, 0.05) is 19.4 Å². The van der Waals surface area contributed by atoms with E-state index in [1.54, 1.807) is 0 Å². The Hall–Kier alpha value is -1.14. The largest absolute Gasteiger partial charge is 0.356 e. The molecular weight excluding hydrogens is 304 g/mol. The van der Waals surface area contributed by atoms with Crippen LogP contribution in [0.3, 0.4) is 0 Å². The second-order valence-corrected chi connectivity index (χ2v) is 9.04. The third-order valence-corrected chi connectivity index (χ3v) is 4.36. The van der Waals surface area contributed by atoms with E-state index in [2.05, 4.69) is 46.9 Å². The van der Waals surface area contributed by atoms with Crippen LogP contribution in [0.2, 0.25) is 0 Å². The highest BCUT2D eigenvalue weighted by Gasteiger charge is 2.28. The van der Waals surface area contributed by atoms with E-state index in [0.29, 0.717) is 24.9 Å². The molecule has 142 valence electrons. The molecule has 0 rings (SSSR count). The lowest BCUT2D eigenvalue weighted by atomic mass is 9.72. The number of amides is 2. The maximum absolute atomic E-state index is 11.9. The molecule has 0 fully saturated rings. The third kappa shape index (κ3) is 10.6. The summed E-state index contributed by atoms with van der Waals surface area (Å²) in [6.07, 6.45) is 2.27. The van der Waals surface area contributed by atoms with Gasteiger partial charge in [0.15, 0.2) is 0 Å². The fraction of sp³-hybridized carbons (Fsp3) is 0.889. The fourth-order valence-electron chi connectivity index (χ4n) is 2.96. The Morgan fingerprint density at radius 3 is 1.96 bits per heavy atom. The first-order valence-corrected chi connectivity index (χ1v) is 8.85. The number of carbonyl (C=O) groups is 2. The van der Waals surface area contributed by atoms with Gasteiger partial charge < -0.3 is 11.1 Å². The molecular formula is C18H38N4O2. The van der Waals surface area contributed by atoms with Gasteiger partial charge in [-0.25, -0.2) is 5.84 Å². The lowest BCUT2D eigenvalue weighted by Crippen LogP contribution is -2.37. The number of nitrogens with one attached hydrogen (secondary N) is 2. The predicted octanol–water partition coefficient (Wildman–Crippen LogP) is 1.94. The molecule has 2 unspecified atom stereocenters. The molecule has 6 nitrogen and oxygen atoms in total. The standard InChI is InChI=1S/C18H38N4O2/c1-17(2,3)10-13(9-14(11-19)18(4,5)6)12-21-15(23)7-8-16(24)22-20/h13-14H,7-12,19-20H2,1-6H3,(H,21,23)(H,22,24). The molecule has 2 amide bonds. The number of rotatable bonds is 9. The fourth-order valence-corrected chi connectivity index (χ4v) is 2.96. The molecule has 0 radical (unpaired) electrons. The van der Waals surface area contributed by atoms with E-state index >= 15 is 0 Å². The number of carbonyl (C=O) groups excluding carboxylic acids is 2. The molecule has 6 heteroatoms. The summed E-state index contributed by atoms with van der Waals surface area (Å²) in [7, 11) is 0. The zero-order chi connectivity index (χ0) is 19.0. The van der Waals surface area contributed by atoms with Gasteiger partial charge in [-0.15, -0.1) is 0 Å². The van der Waals surface area contributed by atoms with Crippen molar-refractivity contribution in [3.05, 3.63) is 0 Å². The molecule has 6 N–H and O–H groups in total. The van der Waals surface area contributed by atoms with E-state index in [0.717, 1.165) is 12.8 Å². The zero-order valence-electron chi connectivity index (χ0n) is 16.4. The van der Waals surface area contributed by atoms with Crippen LogP contribution in [0, 0.1) is 22.7 Å².